The Bertz CT molecular complexity index is 549. The summed E-state index contributed by atoms with van der Waals surface area (Å²) in [6.45, 7) is 0.887. The number of nitrogens with one attached hydrogen (secondary N) is 1. The van der Waals surface area contributed by atoms with Crippen molar-refractivity contribution in [2.75, 3.05) is 18.4 Å². The minimum atomic E-state index is -4.70. The number of amides is 2. The Morgan fingerprint density at radius 3 is 2.48 bits per heavy atom. The SMILES string of the molecule is CCN(CC(=O)O)C(=O)Nc1c(Cl)cccc1C(F)(F)F. The summed E-state index contributed by atoms with van der Waals surface area (Å²) in [7, 11) is 0. The Morgan fingerprint density at radius 1 is 1.38 bits per heavy atom. The highest BCUT2D eigenvalue weighted by molar-refractivity contribution is 6.33. The number of carbonyl (C=O) groups excluding carboxylic acids is 1. The zero-order chi connectivity index (χ0) is 16.2. The van der Waals surface area contributed by atoms with E-state index in [9.17, 15) is 22.8 Å². The molecule has 0 saturated heterocycles. The predicted octanol–water partition coefficient (Wildman–Crippen LogP) is 3.30. The van der Waals surface area contributed by atoms with Crippen molar-refractivity contribution in [1.29, 1.82) is 0 Å². The van der Waals surface area contributed by atoms with Gasteiger partial charge in [-0.05, 0) is 19.1 Å². The fraction of sp³-hybridized carbons (Fsp3) is 0.333. The number of anilines is 1. The van der Waals surface area contributed by atoms with Gasteiger partial charge in [0.1, 0.15) is 6.54 Å². The van der Waals surface area contributed by atoms with Crippen LogP contribution in [-0.4, -0.2) is 35.1 Å². The first-order valence-corrected chi connectivity index (χ1v) is 6.18. The number of benzene rings is 1. The first-order valence-electron chi connectivity index (χ1n) is 5.80. The number of urea groups is 1. The molecule has 0 bridgehead atoms. The number of carboxylic acid groups (broad SMARTS) is 1. The van der Waals surface area contributed by atoms with E-state index in [1.807, 2.05) is 5.32 Å². The molecular formula is C12H12ClF3N2O3. The second-order valence-corrected chi connectivity index (χ2v) is 4.41. The van der Waals surface area contributed by atoms with Gasteiger partial charge in [-0.2, -0.15) is 13.2 Å². The molecule has 116 valence electrons. The monoisotopic (exact) mass is 324 g/mol. The van der Waals surface area contributed by atoms with Crippen molar-refractivity contribution in [1.82, 2.24) is 4.90 Å². The van der Waals surface area contributed by atoms with Crippen LogP contribution in [0.3, 0.4) is 0 Å². The Kier molecular flexibility index (Phi) is 5.42. The van der Waals surface area contributed by atoms with Crippen LogP contribution < -0.4 is 5.32 Å². The highest BCUT2D eigenvalue weighted by Gasteiger charge is 2.35. The molecular weight excluding hydrogens is 313 g/mol. The van der Waals surface area contributed by atoms with Crippen LogP contribution in [-0.2, 0) is 11.0 Å². The molecule has 0 atom stereocenters. The summed E-state index contributed by atoms with van der Waals surface area (Å²) >= 11 is 5.68. The molecule has 0 aliphatic carbocycles. The van der Waals surface area contributed by atoms with Crippen molar-refractivity contribution in [3.63, 3.8) is 0 Å². The van der Waals surface area contributed by atoms with Gasteiger partial charge in [-0.1, -0.05) is 17.7 Å². The van der Waals surface area contributed by atoms with Crippen molar-refractivity contribution in [3.05, 3.63) is 28.8 Å². The summed E-state index contributed by atoms with van der Waals surface area (Å²) < 4.78 is 38.6. The van der Waals surface area contributed by atoms with Crippen LogP contribution in [0.5, 0.6) is 0 Å². The molecule has 2 amide bonds. The standard InChI is InChI=1S/C12H12ClF3N2O3/c1-2-18(6-9(19)20)11(21)17-10-7(12(14,15)16)4-3-5-8(10)13/h3-5H,2,6H2,1H3,(H,17,21)(H,19,20). The minimum absolute atomic E-state index is 0.0178. The van der Waals surface area contributed by atoms with Crippen molar-refractivity contribution >= 4 is 29.3 Å². The van der Waals surface area contributed by atoms with E-state index in [1.165, 1.54) is 13.0 Å². The molecule has 0 heterocycles. The fourth-order valence-electron chi connectivity index (χ4n) is 1.56. The second-order valence-electron chi connectivity index (χ2n) is 4.00. The maximum Gasteiger partial charge on any atom is 0.418 e. The summed E-state index contributed by atoms with van der Waals surface area (Å²) in [5.74, 6) is -1.28. The predicted molar refractivity (Wildman–Crippen MR) is 70.4 cm³/mol. The number of carboxylic acids is 1. The van der Waals surface area contributed by atoms with E-state index in [2.05, 4.69) is 0 Å². The van der Waals surface area contributed by atoms with E-state index >= 15 is 0 Å². The largest absolute Gasteiger partial charge is 0.480 e. The third-order valence-electron chi connectivity index (χ3n) is 2.55. The molecule has 1 aromatic rings. The quantitative estimate of drug-likeness (QED) is 0.892. The average molecular weight is 325 g/mol. The first kappa shape index (κ1) is 17.1. The van der Waals surface area contributed by atoms with Gasteiger partial charge >= 0.3 is 18.2 Å². The van der Waals surface area contributed by atoms with E-state index in [0.29, 0.717) is 0 Å². The highest BCUT2D eigenvalue weighted by Crippen LogP contribution is 2.38. The number of rotatable bonds is 4. The minimum Gasteiger partial charge on any atom is -0.480 e. The first-order chi connectivity index (χ1) is 9.66. The topological polar surface area (TPSA) is 69.6 Å². The van der Waals surface area contributed by atoms with E-state index in [-0.39, 0.29) is 11.6 Å². The molecule has 0 radical (unpaired) electrons. The number of carbonyl (C=O) groups is 2. The zero-order valence-electron chi connectivity index (χ0n) is 10.9. The lowest BCUT2D eigenvalue weighted by molar-refractivity contribution is -0.138. The molecule has 21 heavy (non-hydrogen) atoms. The summed E-state index contributed by atoms with van der Waals surface area (Å²) in [6, 6.07) is 2.10. The van der Waals surface area contributed by atoms with Gasteiger partial charge in [0.2, 0.25) is 0 Å². The fourth-order valence-corrected chi connectivity index (χ4v) is 1.79. The number of aliphatic carboxylic acids is 1. The molecule has 5 nitrogen and oxygen atoms in total. The maximum absolute atomic E-state index is 12.9. The smallest absolute Gasteiger partial charge is 0.418 e. The maximum atomic E-state index is 12.9. The molecule has 0 aliphatic rings. The highest BCUT2D eigenvalue weighted by atomic mass is 35.5. The molecule has 2 N–H and O–H groups in total. The van der Waals surface area contributed by atoms with E-state index in [4.69, 9.17) is 16.7 Å². The Labute approximate surface area is 123 Å². The van der Waals surface area contributed by atoms with Crippen molar-refractivity contribution < 1.29 is 27.9 Å². The number of nitrogens with zero attached hydrogens (tertiary/aromatic N) is 1. The van der Waals surface area contributed by atoms with Crippen LogP contribution in [0.15, 0.2) is 18.2 Å². The van der Waals surface area contributed by atoms with Gasteiger partial charge in [-0.3, -0.25) is 4.79 Å². The van der Waals surface area contributed by atoms with Gasteiger partial charge in [0.25, 0.3) is 0 Å². The average Bonchev–Trinajstić information content (AvgIpc) is 2.36. The summed E-state index contributed by atoms with van der Waals surface area (Å²) in [6.07, 6.45) is -4.70. The number of hydrogen-bond donors (Lipinski definition) is 2. The Hall–Kier alpha value is -1.96. The molecule has 0 spiro atoms. The van der Waals surface area contributed by atoms with Crippen LogP contribution in [0.4, 0.5) is 23.7 Å². The number of para-hydroxylation sites is 1. The number of alkyl halides is 3. The van der Waals surface area contributed by atoms with Crippen LogP contribution >= 0.6 is 11.6 Å². The van der Waals surface area contributed by atoms with Gasteiger partial charge in [0.15, 0.2) is 0 Å². The molecule has 0 fully saturated rings. The molecule has 1 rings (SSSR count). The molecule has 0 aromatic heterocycles. The lowest BCUT2D eigenvalue weighted by Gasteiger charge is -2.21. The Morgan fingerprint density at radius 2 is 2.00 bits per heavy atom. The lowest BCUT2D eigenvalue weighted by Crippen LogP contribution is -2.39. The van der Waals surface area contributed by atoms with E-state index in [0.717, 1.165) is 17.0 Å². The van der Waals surface area contributed by atoms with Crippen molar-refractivity contribution in [2.45, 2.75) is 13.1 Å². The lowest BCUT2D eigenvalue weighted by atomic mass is 10.1. The van der Waals surface area contributed by atoms with Crippen LogP contribution in [0.25, 0.3) is 0 Å². The van der Waals surface area contributed by atoms with Gasteiger partial charge in [-0.15, -0.1) is 0 Å². The van der Waals surface area contributed by atoms with Gasteiger partial charge in [0.05, 0.1) is 16.3 Å². The Balaban J connectivity index is 3.07. The van der Waals surface area contributed by atoms with Crippen LogP contribution in [0.2, 0.25) is 5.02 Å². The van der Waals surface area contributed by atoms with E-state index < -0.39 is 36.0 Å². The van der Waals surface area contributed by atoms with Crippen LogP contribution in [0, 0.1) is 0 Å². The molecule has 1 aromatic carbocycles. The molecule has 9 heteroatoms. The summed E-state index contributed by atoms with van der Waals surface area (Å²) in [5, 5.41) is 10.4. The molecule has 0 aliphatic heterocycles. The van der Waals surface area contributed by atoms with Gasteiger partial charge in [-0.25, -0.2) is 4.79 Å². The van der Waals surface area contributed by atoms with Crippen molar-refractivity contribution in [3.8, 4) is 0 Å². The second kappa shape index (κ2) is 6.66. The van der Waals surface area contributed by atoms with E-state index in [1.54, 1.807) is 0 Å². The van der Waals surface area contributed by atoms with Gasteiger partial charge in [0, 0.05) is 6.54 Å². The normalized spacial score (nSPS) is 11.1. The number of hydrogen-bond acceptors (Lipinski definition) is 2. The number of halogens is 4. The zero-order valence-corrected chi connectivity index (χ0v) is 11.6. The van der Waals surface area contributed by atoms with Crippen molar-refractivity contribution in [2.24, 2.45) is 0 Å². The van der Waals surface area contributed by atoms with Crippen LogP contribution in [0.1, 0.15) is 12.5 Å². The molecule has 0 saturated carbocycles. The third kappa shape index (κ3) is 4.52. The third-order valence-corrected chi connectivity index (χ3v) is 2.86. The summed E-state index contributed by atoms with van der Waals surface area (Å²) in [5.41, 5.74) is -1.70. The molecule has 0 unspecified atom stereocenters. The number of likely N-dealkylation sites (N-methyl/N-ethyl adjacent to an activating group) is 1. The summed E-state index contributed by atoms with van der Waals surface area (Å²) in [4.78, 5) is 23.3. The van der Waals surface area contributed by atoms with Gasteiger partial charge < -0.3 is 15.3 Å².